The van der Waals surface area contributed by atoms with Crippen LogP contribution in [0.15, 0.2) is 41.0 Å². The van der Waals surface area contributed by atoms with Crippen LogP contribution >= 0.6 is 0 Å². The van der Waals surface area contributed by atoms with E-state index in [0.29, 0.717) is 11.8 Å². The van der Waals surface area contributed by atoms with Gasteiger partial charge in [-0.15, -0.1) is 0 Å². The van der Waals surface area contributed by atoms with E-state index >= 15 is 0 Å². The molecule has 7 nitrogen and oxygen atoms in total. The van der Waals surface area contributed by atoms with Crippen LogP contribution in [-0.2, 0) is 20.9 Å². The molecule has 2 rings (SSSR count). The Bertz CT molecular complexity index is 772. The van der Waals surface area contributed by atoms with Gasteiger partial charge in [0.2, 0.25) is 5.91 Å². The SMILES string of the molecule is CN(CC(=O)NCc1ccco1)C(=O)COC(=O)c1cc(F)cc(F)c1. The number of nitrogens with one attached hydrogen (secondary N) is 1. The van der Waals surface area contributed by atoms with E-state index in [1.807, 2.05) is 0 Å². The molecule has 2 aromatic rings. The van der Waals surface area contributed by atoms with Crippen LogP contribution < -0.4 is 5.32 Å². The molecule has 0 bridgehead atoms. The van der Waals surface area contributed by atoms with Crippen molar-refractivity contribution in [1.82, 2.24) is 10.2 Å². The number of halogens is 2. The van der Waals surface area contributed by atoms with Crippen LogP contribution in [0.1, 0.15) is 16.1 Å². The second-order valence-corrected chi connectivity index (χ2v) is 5.34. The van der Waals surface area contributed by atoms with Gasteiger partial charge in [0.05, 0.1) is 24.9 Å². The number of nitrogens with zero attached hydrogens (tertiary/aromatic N) is 1. The van der Waals surface area contributed by atoms with Crippen molar-refractivity contribution >= 4 is 17.8 Å². The molecule has 0 saturated heterocycles. The first-order valence-corrected chi connectivity index (χ1v) is 7.51. The van der Waals surface area contributed by atoms with E-state index in [1.165, 1.54) is 13.3 Å². The Balaban J connectivity index is 1.77. The topological polar surface area (TPSA) is 88.8 Å². The lowest BCUT2D eigenvalue weighted by Crippen LogP contribution is -2.39. The summed E-state index contributed by atoms with van der Waals surface area (Å²) < 4.78 is 35.9. The average molecular weight is 366 g/mol. The molecule has 0 unspecified atom stereocenters. The van der Waals surface area contributed by atoms with Crippen LogP contribution in [0.5, 0.6) is 0 Å². The van der Waals surface area contributed by atoms with E-state index in [9.17, 15) is 23.2 Å². The average Bonchev–Trinajstić information content (AvgIpc) is 3.10. The van der Waals surface area contributed by atoms with Crippen molar-refractivity contribution < 1.29 is 32.3 Å². The summed E-state index contributed by atoms with van der Waals surface area (Å²) in [6.45, 7) is -0.751. The first kappa shape index (κ1) is 19.1. The number of benzene rings is 1. The van der Waals surface area contributed by atoms with Crippen LogP contribution in [-0.4, -0.2) is 42.9 Å². The van der Waals surface area contributed by atoms with Gasteiger partial charge >= 0.3 is 5.97 Å². The molecule has 1 aromatic heterocycles. The van der Waals surface area contributed by atoms with Gasteiger partial charge in [-0.3, -0.25) is 9.59 Å². The van der Waals surface area contributed by atoms with Crippen LogP contribution in [0.25, 0.3) is 0 Å². The monoisotopic (exact) mass is 366 g/mol. The third-order valence-electron chi connectivity index (χ3n) is 3.27. The number of rotatable bonds is 7. The number of furan rings is 1. The fourth-order valence-electron chi connectivity index (χ4n) is 1.95. The third-order valence-corrected chi connectivity index (χ3v) is 3.27. The first-order valence-electron chi connectivity index (χ1n) is 7.51. The predicted octanol–water partition coefficient (Wildman–Crippen LogP) is 1.49. The van der Waals surface area contributed by atoms with Gasteiger partial charge in [0.1, 0.15) is 17.4 Å². The predicted molar refractivity (Wildman–Crippen MR) is 84.8 cm³/mol. The molecular weight excluding hydrogens is 350 g/mol. The fraction of sp³-hybridized carbons (Fsp3) is 0.235. The van der Waals surface area contributed by atoms with Crippen LogP contribution in [0.3, 0.4) is 0 Å². The van der Waals surface area contributed by atoms with E-state index in [2.05, 4.69) is 5.32 Å². The minimum atomic E-state index is -1.05. The van der Waals surface area contributed by atoms with Crippen molar-refractivity contribution in [1.29, 1.82) is 0 Å². The zero-order valence-corrected chi connectivity index (χ0v) is 13.8. The lowest BCUT2D eigenvalue weighted by molar-refractivity contribution is -0.137. The lowest BCUT2D eigenvalue weighted by atomic mass is 10.2. The summed E-state index contributed by atoms with van der Waals surface area (Å²) in [4.78, 5) is 36.4. The number of hydrogen-bond acceptors (Lipinski definition) is 5. The molecule has 0 fully saturated rings. The van der Waals surface area contributed by atoms with Gasteiger partial charge in [-0.05, 0) is 24.3 Å². The molecule has 1 heterocycles. The number of amides is 2. The highest BCUT2D eigenvalue weighted by Crippen LogP contribution is 2.09. The number of ether oxygens (including phenoxy) is 1. The summed E-state index contributed by atoms with van der Waals surface area (Å²) >= 11 is 0. The molecule has 0 radical (unpaired) electrons. The number of esters is 1. The minimum absolute atomic E-state index is 0.175. The highest BCUT2D eigenvalue weighted by molar-refractivity contribution is 5.92. The molecule has 0 spiro atoms. The van der Waals surface area contributed by atoms with Gasteiger partial charge in [-0.2, -0.15) is 0 Å². The smallest absolute Gasteiger partial charge is 0.338 e. The number of carbonyl (C=O) groups is 3. The molecule has 0 aliphatic heterocycles. The van der Waals surface area contributed by atoms with Gasteiger partial charge in [0, 0.05) is 13.1 Å². The Labute approximate surface area is 147 Å². The van der Waals surface area contributed by atoms with Crippen LogP contribution in [0.2, 0.25) is 0 Å². The van der Waals surface area contributed by atoms with Gasteiger partial charge in [-0.25, -0.2) is 13.6 Å². The fourth-order valence-corrected chi connectivity index (χ4v) is 1.95. The zero-order chi connectivity index (χ0) is 19.1. The molecule has 0 atom stereocenters. The van der Waals surface area contributed by atoms with Crippen molar-refractivity contribution in [2.45, 2.75) is 6.54 Å². The third kappa shape index (κ3) is 5.69. The number of carbonyl (C=O) groups excluding carboxylic acids is 3. The summed E-state index contributed by atoms with van der Waals surface area (Å²) in [5.74, 6) is -3.45. The molecular formula is C17H16F2N2O5. The summed E-state index contributed by atoms with van der Waals surface area (Å²) in [5.41, 5.74) is -0.353. The normalized spacial score (nSPS) is 10.3. The Morgan fingerprint density at radius 3 is 2.50 bits per heavy atom. The number of hydrogen-bond donors (Lipinski definition) is 1. The lowest BCUT2D eigenvalue weighted by Gasteiger charge is -2.16. The van der Waals surface area contributed by atoms with E-state index < -0.39 is 36.0 Å². The maximum atomic E-state index is 13.1. The zero-order valence-electron chi connectivity index (χ0n) is 13.8. The molecule has 26 heavy (non-hydrogen) atoms. The molecule has 2 amide bonds. The Kier molecular flexibility index (Phi) is 6.42. The first-order chi connectivity index (χ1) is 12.3. The molecule has 1 aromatic carbocycles. The van der Waals surface area contributed by atoms with Gasteiger partial charge < -0.3 is 19.4 Å². The van der Waals surface area contributed by atoms with Gasteiger partial charge in [-0.1, -0.05) is 0 Å². The van der Waals surface area contributed by atoms with E-state index in [1.54, 1.807) is 12.1 Å². The van der Waals surface area contributed by atoms with Crippen molar-refractivity contribution in [3.05, 3.63) is 59.6 Å². The minimum Gasteiger partial charge on any atom is -0.467 e. The van der Waals surface area contributed by atoms with Gasteiger partial charge in [0.15, 0.2) is 6.61 Å². The van der Waals surface area contributed by atoms with Crippen LogP contribution in [0.4, 0.5) is 8.78 Å². The highest BCUT2D eigenvalue weighted by atomic mass is 19.1. The Morgan fingerprint density at radius 1 is 1.19 bits per heavy atom. The Morgan fingerprint density at radius 2 is 1.88 bits per heavy atom. The van der Waals surface area contributed by atoms with E-state index in [0.717, 1.165) is 17.0 Å². The molecule has 9 heteroatoms. The maximum absolute atomic E-state index is 13.1. The summed E-state index contributed by atoms with van der Waals surface area (Å²) in [7, 11) is 1.35. The standard InChI is InChI=1S/C17H16F2N2O5/c1-21(9-15(22)20-8-14-3-2-4-25-14)16(23)10-26-17(24)11-5-12(18)7-13(19)6-11/h2-7H,8-10H2,1H3,(H,20,22). The van der Waals surface area contributed by atoms with E-state index in [4.69, 9.17) is 9.15 Å². The van der Waals surface area contributed by atoms with E-state index in [-0.39, 0.29) is 18.7 Å². The second-order valence-electron chi connectivity index (χ2n) is 5.34. The van der Waals surface area contributed by atoms with Crippen molar-refractivity contribution in [3.8, 4) is 0 Å². The van der Waals surface area contributed by atoms with Crippen LogP contribution in [0, 0.1) is 11.6 Å². The summed E-state index contributed by atoms with van der Waals surface area (Å²) in [6.07, 6.45) is 1.47. The quantitative estimate of drug-likeness (QED) is 0.750. The van der Waals surface area contributed by atoms with Gasteiger partial charge in [0.25, 0.3) is 5.91 Å². The van der Waals surface area contributed by atoms with Crippen molar-refractivity contribution in [2.75, 3.05) is 20.2 Å². The highest BCUT2D eigenvalue weighted by Gasteiger charge is 2.17. The maximum Gasteiger partial charge on any atom is 0.338 e. The number of likely N-dealkylation sites (N-methyl/N-ethyl adjacent to an activating group) is 1. The second kappa shape index (κ2) is 8.75. The molecule has 1 N–H and O–H groups in total. The van der Waals surface area contributed by atoms with Crippen molar-refractivity contribution in [3.63, 3.8) is 0 Å². The molecule has 0 aliphatic rings. The summed E-state index contributed by atoms with van der Waals surface area (Å²) in [5, 5.41) is 2.56. The molecule has 138 valence electrons. The Hall–Kier alpha value is -3.23. The summed E-state index contributed by atoms with van der Waals surface area (Å²) in [6, 6.07) is 5.56. The molecule has 0 saturated carbocycles. The molecule has 0 aliphatic carbocycles. The largest absolute Gasteiger partial charge is 0.467 e. The van der Waals surface area contributed by atoms with Crippen molar-refractivity contribution in [2.24, 2.45) is 0 Å².